The standard InChI is InChI=1S/C14H18ClNO2/c1-2-3-7-16-8-10-9-18-14-11(13(10)17)5-4-6-12(14)15/h4-6,10,16H,2-3,7-9H2,1H3/t10-/m0/s1. The van der Waals surface area contributed by atoms with Crippen LogP contribution in [0.15, 0.2) is 18.2 Å². The largest absolute Gasteiger partial charge is 0.490 e. The molecule has 2 rings (SSSR count). The summed E-state index contributed by atoms with van der Waals surface area (Å²) in [6.45, 7) is 4.18. The molecule has 18 heavy (non-hydrogen) atoms. The van der Waals surface area contributed by atoms with Gasteiger partial charge in [0.15, 0.2) is 5.78 Å². The number of para-hydroxylation sites is 1. The second-order valence-electron chi connectivity index (χ2n) is 4.55. The minimum Gasteiger partial charge on any atom is -0.490 e. The SMILES string of the molecule is CCCCNC[C@H]1COc2c(Cl)cccc2C1=O. The third-order valence-electron chi connectivity index (χ3n) is 3.13. The van der Waals surface area contributed by atoms with E-state index in [-0.39, 0.29) is 11.7 Å². The normalized spacial score (nSPS) is 18.3. The van der Waals surface area contributed by atoms with Crippen molar-refractivity contribution in [3.63, 3.8) is 0 Å². The molecule has 0 unspecified atom stereocenters. The smallest absolute Gasteiger partial charge is 0.174 e. The summed E-state index contributed by atoms with van der Waals surface area (Å²) in [6.07, 6.45) is 2.28. The van der Waals surface area contributed by atoms with Crippen molar-refractivity contribution in [2.75, 3.05) is 19.7 Å². The predicted molar refractivity (Wildman–Crippen MR) is 72.5 cm³/mol. The number of benzene rings is 1. The van der Waals surface area contributed by atoms with Crippen molar-refractivity contribution in [1.29, 1.82) is 0 Å². The number of halogens is 1. The van der Waals surface area contributed by atoms with Crippen LogP contribution >= 0.6 is 11.6 Å². The van der Waals surface area contributed by atoms with Gasteiger partial charge in [-0.3, -0.25) is 4.79 Å². The van der Waals surface area contributed by atoms with Crippen molar-refractivity contribution in [3.8, 4) is 5.75 Å². The van der Waals surface area contributed by atoms with Crippen molar-refractivity contribution in [2.45, 2.75) is 19.8 Å². The number of nitrogens with one attached hydrogen (secondary N) is 1. The molecule has 1 N–H and O–H groups in total. The summed E-state index contributed by atoms with van der Waals surface area (Å²) in [7, 11) is 0. The summed E-state index contributed by atoms with van der Waals surface area (Å²) in [6, 6.07) is 5.31. The molecule has 0 bridgehead atoms. The lowest BCUT2D eigenvalue weighted by Crippen LogP contribution is -2.36. The first-order chi connectivity index (χ1) is 8.74. The van der Waals surface area contributed by atoms with Crippen LogP contribution in [0.2, 0.25) is 5.02 Å². The Bertz CT molecular complexity index is 434. The zero-order valence-corrected chi connectivity index (χ0v) is 11.3. The van der Waals surface area contributed by atoms with Gasteiger partial charge >= 0.3 is 0 Å². The average Bonchev–Trinajstić information content (AvgIpc) is 2.38. The van der Waals surface area contributed by atoms with Crippen LogP contribution in [-0.4, -0.2) is 25.5 Å². The fraction of sp³-hybridized carbons (Fsp3) is 0.500. The van der Waals surface area contributed by atoms with Gasteiger partial charge in [0.1, 0.15) is 5.75 Å². The number of hydrogen-bond donors (Lipinski definition) is 1. The van der Waals surface area contributed by atoms with E-state index in [2.05, 4.69) is 12.2 Å². The lowest BCUT2D eigenvalue weighted by molar-refractivity contribution is 0.0830. The number of carbonyl (C=O) groups is 1. The Labute approximate surface area is 112 Å². The number of rotatable bonds is 5. The number of carbonyl (C=O) groups excluding carboxylic acids is 1. The van der Waals surface area contributed by atoms with E-state index in [0.29, 0.717) is 29.5 Å². The van der Waals surface area contributed by atoms with E-state index in [1.807, 2.05) is 0 Å². The molecule has 98 valence electrons. The number of Topliss-reactive ketones (excluding diaryl/α,β-unsaturated/α-hetero) is 1. The van der Waals surface area contributed by atoms with Gasteiger partial charge in [-0.05, 0) is 25.1 Å². The minimum absolute atomic E-state index is 0.104. The van der Waals surface area contributed by atoms with E-state index in [9.17, 15) is 4.79 Å². The molecule has 0 saturated heterocycles. The summed E-state index contributed by atoms with van der Waals surface area (Å²) in [5.74, 6) is 0.560. The molecule has 0 saturated carbocycles. The molecule has 0 aromatic heterocycles. The number of fused-ring (bicyclic) bond motifs is 1. The second kappa shape index (κ2) is 6.21. The lowest BCUT2D eigenvalue weighted by atomic mass is 9.95. The van der Waals surface area contributed by atoms with Crippen LogP contribution < -0.4 is 10.1 Å². The Kier molecular flexibility index (Phi) is 4.61. The maximum Gasteiger partial charge on any atom is 0.174 e. The Morgan fingerprint density at radius 3 is 3.11 bits per heavy atom. The first-order valence-electron chi connectivity index (χ1n) is 6.40. The molecular formula is C14H18ClNO2. The van der Waals surface area contributed by atoms with Gasteiger partial charge in [-0.15, -0.1) is 0 Å². The Hall–Kier alpha value is -1.06. The zero-order chi connectivity index (χ0) is 13.0. The molecule has 1 aliphatic heterocycles. The number of ether oxygens (including phenoxy) is 1. The molecule has 0 radical (unpaired) electrons. The van der Waals surface area contributed by atoms with Crippen LogP contribution in [0.25, 0.3) is 0 Å². The monoisotopic (exact) mass is 267 g/mol. The Morgan fingerprint density at radius 2 is 2.33 bits per heavy atom. The zero-order valence-electron chi connectivity index (χ0n) is 10.5. The molecule has 0 aliphatic carbocycles. The Morgan fingerprint density at radius 1 is 1.50 bits per heavy atom. The molecule has 1 heterocycles. The second-order valence-corrected chi connectivity index (χ2v) is 4.95. The summed E-state index contributed by atoms with van der Waals surface area (Å²) in [5, 5.41) is 3.81. The van der Waals surface area contributed by atoms with Gasteiger partial charge in [-0.2, -0.15) is 0 Å². The first kappa shape index (κ1) is 13.4. The molecular weight excluding hydrogens is 250 g/mol. The van der Waals surface area contributed by atoms with Gasteiger partial charge in [-0.25, -0.2) is 0 Å². The number of hydrogen-bond acceptors (Lipinski definition) is 3. The molecule has 4 heteroatoms. The fourth-order valence-corrected chi connectivity index (χ4v) is 2.29. The molecule has 0 fully saturated rings. The van der Waals surface area contributed by atoms with Crippen molar-refractivity contribution < 1.29 is 9.53 Å². The number of ketones is 1. The van der Waals surface area contributed by atoms with Gasteiger partial charge in [0.2, 0.25) is 0 Å². The van der Waals surface area contributed by atoms with Crippen LogP contribution in [0.3, 0.4) is 0 Å². The van der Waals surface area contributed by atoms with E-state index in [4.69, 9.17) is 16.3 Å². The summed E-state index contributed by atoms with van der Waals surface area (Å²) in [4.78, 5) is 12.3. The van der Waals surface area contributed by atoms with Crippen molar-refractivity contribution in [3.05, 3.63) is 28.8 Å². The van der Waals surface area contributed by atoms with Crippen molar-refractivity contribution >= 4 is 17.4 Å². The van der Waals surface area contributed by atoms with Crippen LogP contribution in [0.1, 0.15) is 30.1 Å². The first-order valence-corrected chi connectivity index (χ1v) is 6.78. The van der Waals surface area contributed by atoms with E-state index >= 15 is 0 Å². The fourth-order valence-electron chi connectivity index (χ4n) is 2.06. The molecule has 1 aromatic carbocycles. The van der Waals surface area contributed by atoms with E-state index < -0.39 is 0 Å². The van der Waals surface area contributed by atoms with Gasteiger partial charge in [0.05, 0.1) is 23.1 Å². The van der Waals surface area contributed by atoms with Crippen LogP contribution in [-0.2, 0) is 0 Å². The molecule has 3 nitrogen and oxygen atoms in total. The molecule has 1 atom stereocenters. The summed E-state index contributed by atoms with van der Waals surface area (Å²) >= 11 is 6.01. The highest BCUT2D eigenvalue weighted by Gasteiger charge is 2.29. The molecule has 1 aliphatic rings. The third kappa shape index (κ3) is 2.85. The maximum absolute atomic E-state index is 12.3. The number of unbranched alkanes of at least 4 members (excludes halogenated alkanes) is 1. The van der Waals surface area contributed by atoms with E-state index in [0.717, 1.165) is 19.4 Å². The van der Waals surface area contributed by atoms with E-state index in [1.54, 1.807) is 18.2 Å². The third-order valence-corrected chi connectivity index (χ3v) is 3.43. The minimum atomic E-state index is -0.104. The van der Waals surface area contributed by atoms with Crippen LogP contribution in [0, 0.1) is 5.92 Å². The van der Waals surface area contributed by atoms with Crippen molar-refractivity contribution in [1.82, 2.24) is 5.32 Å². The Balaban J connectivity index is 2.00. The average molecular weight is 268 g/mol. The predicted octanol–water partition coefficient (Wildman–Crippen LogP) is 2.92. The van der Waals surface area contributed by atoms with Crippen LogP contribution in [0.5, 0.6) is 5.75 Å². The van der Waals surface area contributed by atoms with Crippen molar-refractivity contribution in [2.24, 2.45) is 5.92 Å². The maximum atomic E-state index is 12.3. The lowest BCUT2D eigenvalue weighted by Gasteiger charge is -2.25. The molecule has 0 spiro atoms. The van der Waals surface area contributed by atoms with Gasteiger partial charge in [0.25, 0.3) is 0 Å². The quantitative estimate of drug-likeness (QED) is 0.834. The highest BCUT2D eigenvalue weighted by Crippen LogP contribution is 2.33. The van der Waals surface area contributed by atoms with Gasteiger partial charge < -0.3 is 10.1 Å². The highest BCUT2D eigenvalue weighted by atomic mass is 35.5. The summed E-state index contributed by atoms with van der Waals surface area (Å²) < 4.78 is 5.60. The topological polar surface area (TPSA) is 38.3 Å². The molecule has 1 aromatic rings. The summed E-state index contributed by atoms with van der Waals surface area (Å²) in [5.41, 5.74) is 0.607. The highest BCUT2D eigenvalue weighted by molar-refractivity contribution is 6.32. The molecule has 0 amide bonds. The van der Waals surface area contributed by atoms with E-state index in [1.165, 1.54) is 0 Å². The van der Waals surface area contributed by atoms with Gasteiger partial charge in [0, 0.05) is 6.54 Å². The van der Waals surface area contributed by atoms with Crippen LogP contribution in [0.4, 0.5) is 0 Å². The van der Waals surface area contributed by atoms with Gasteiger partial charge in [-0.1, -0.05) is 31.0 Å².